The summed E-state index contributed by atoms with van der Waals surface area (Å²) in [6.07, 6.45) is 3.67. The number of rotatable bonds is 5. The van der Waals surface area contributed by atoms with Gasteiger partial charge in [-0.05, 0) is 6.92 Å². The van der Waals surface area contributed by atoms with Crippen LogP contribution in [0.1, 0.15) is 6.92 Å². The topological polar surface area (TPSA) is 3.24 Å². The number of halogens is 1. The Bertz CT molecular complexity index is 99.8. The number of hydrogen-bond donors (Lipinski definition) is 0. The summed E-state index contributed by atoms with van der Waals surface area (Å²) in [5, 5.41) is 0. The molecule has 0 fully saturated rings. The zero-order chi connectivity index (χ0) is 7.98. The van der Waals surface area contributed by atoms with Gasteiger partial charge in [0.2, 0.25) is 0 Å². The molecule has 1 atom stereocenters. The first-order valence-electron chi connectivity index (χ1n) is 3.32. The van der Waals surface area contributed by atoms with Crippen molar-refractivity contribution in [3.63, 3.8) is 0 Å². The summed E-state index contributed by atoms with van der Waals surface area (Å²) in [6.45, 7) is 10.8. The lowest BCUT2D eigenvalue weighted by molar-refractivity contribution is 0.323. The summed E-state index contributed by atoms with van der Waals surface area (Å²) in [4.78, 5) is 2.06. The highest BCUT2D eigenvalue weighted by atomic mass is 35.5. The molecule has 58 valence electrons. The van der Waals surface area contributed by atoms with Crippen molar-refractivity contribution in [3.05, 3.63) is 25.3 Å². The van der Waals surface area contributed by atoms with Gasteiger partial charge in [0.1, 0.15) is 0 Å². The molecule has 0 aliphatic rings. The summed E-state index contributed by atoms with van der Waals surface area (Å²) < 4.78 is 0. The van der Waals surface area contributed by atoms with Crippen LogP contribution >= 0.6 is 11.6 Å². The van der Waals surface area contributed by atoms with Crippen molar-refractivity contribution in [2.24, 2.45) is 0 Å². The normalized spacial score (nSPS) is 13.1. The maximum atomic E-state index is 5.83. The molecule has 1 nitrogen and oxygen atoms in total. The Hall–Kier alpha value is -0.270. The Balaban J connectivity index is 3.70. The van der Waals surface area contributed by atoms with Crippen molar-refractivity contribution >= 4 is 11.6 Å². The molecule has 0 rings (SSSR count). The quantitative estimate of drug-likeness (QED) is 0.338. The Morgan fingerprint density at radius 2 is 1.80 bits per heavy atom. The molecule has 2 heteroatoms. The van der Waals surface area contributed by atoms with Crippen LogP contribution in [0.5, 0.6) is 0 Å². The second kappa shape index (κ2) is 5.51. The van der Waals surface area contributed by atoms with Crippen LogP contribution in [0.15, 0.2) is 25.3 Å². The van der Waals surface area contributed by atoms with E-state index < -0.39 is 0 Å². The third kappa shape index (κ3) is 3.70. The lowest BCUT2D eigenvalue weighted by atomic mass is 10.4. The van der Waals surface area contributed by atoms with Crippen LogP contribution < -0.4 is 0 Å². The minimum Gasteiger partial charge on any atom is -0.280 e. The average molecular weight is 160 g/mol. The molecule has 0 aliphatic heterocycles. The van der Waals surface area contributed by atoms with Crippen LogP contribution in [-0.2, 0) is 0 Å². The summed E-state index contributed by atoms with van der Waals surface area (Å²) in [6, 6.07) is 0. The first-order chi connectivity index (χ1) is 4.72. The predicted octanol–water partition coefficient (Wildman–Crippen LogP) is 2.25. The van der Waals surface area contributed by atoms with Gasteiger partial charge in [-0.25, -0.2) is 0 Å². The molecule has 0 heterocycles. The zero-order valence-electron chi connectivity index (χ0n) is 6.39. The van der Waals surface area contributed by atoms with E-state index in [-0.39, 0.29) is 5.50 Å². The maximum Gasteiger partial charge on any atom is 0.0827 e. The first kappa shape index (κ1) is 9.73. The number of hydrogen-bond acceptors (Lipinski definition) is 1. The van der Waals surface area contributed by atoms with Gasteiger partial charge < -0.3 is 0 Å². The lowest BCUT2D eigenvalue weighted by Crippen LogP contribution is -2.29. The van der Waals surface area contributed by atoms with Gasteiger partial charge in [-0.15, -0.1) is 24.8 Å². The molecule has 0 spiro atoms. The van der Waals surface area contributed by atoms with Gasteiger partial charge in [0.25, 0.3) is 0 Å². The first-order valence-corrected chi connectivity index (χ1v) is 3.76. The summed E-state index contributed by atoms with van der Waals surface area (Å²) in [7, 11) is 0. The predicted molar refractivity (Wildman–Crippen MR) is 47.3 cm³/mol. The Kier molecular flexibility index (Phi) is 5.36. The zero-order valence-corrected chi connectivity index (χ0v) is 7.14. The molecular weight excluding hydrogens is 146 g/mol. The highest BCUT2D eigenvalue weighted by molar-refractivity contribution is 6.20. The molecule has 0 aliphatic carbocycles. The lowest BCUT2D eigenvalue weighted by Gasteiger charge is -2.20. The van der Waals surface area contributed by atoms with Gasteiger partial charge in [0.05, 0.1) is 5.50 Å². The monoisotopic (exact) mass is 159 g/mol. The van der Waals surface area contributed by atoms with E-state index in [1.807, 2.05) is 19.1 Å². The highest BCUT2D eigenvalue weighted by Gasteiger charge is 2.05. The second-order valence-electron chi connectivity index (χ2n) is 2.11. The van der Waals surface area contributed by atoms with Gasteiger partial charge in [0, 0.05) is 13.1 Å². The largest absolute Gasteiger partial charge is 0.280 e. The summed E-state index contributed by atoms with van der Waals surface area (Å²) in [5.41, 5.74) is 0.0519. The van der Waals surface area contributed by atoms with Crippen molar-refractivity contribution in [1.82, 2.24) is 4.90 Å². The Morgan fingerprint density at radius 1 is 1.40 bits per heavy atom. The van der Waals surface area contributed by atoms with E-state index in [2.05, 4.69) is 18.1 Å². The van der Waals surface area contributed by atoms with Gasteiger partial charge >= 0.3 is 0 Å². The van der Waals surface area contributed by atoms with Crippen LogP contribution in [0, 0.1) is 0 Å². The van der Waals surface area contributed by atoms with Gasteiger partial charge in [-0.3, -0.25) is 4.90 Å². The van der Waals surface area contributed by atoms with Gasteiger partial charge in [0.15, 0.2) is 0 Å². The summed E-state index contributed by atoms with van der Waals surface area (Å²) >= 11 is 5.83. The Morgan fingerprint density at radius 3 is 2.00 bits per heavy atom. The second-order valence-corrected chi connectivity index (χ2v) is 2.74. The fourth-order valence-corrected chi connectivity index (χ4v) is 0.856. The highest BCUT2D eigenvalue weighted by Crippen LogP contribution is 2.02. The number of alkyl halides is 1. The third-order valence-electron chi connectivity index (χ3n) is 1.23. The molecule has 0 N–H and O–H groups in total. The molecular formula is C8H14ClN. The minimum atomic E-state index is 0.0519. The van der Waals surface area contributed by atoms with Crippen LogP contribution in [0.4, 0.5) is 0 Å². The molecule has 0 amide bonds. The molecule has 0 saturated carbocycles. The maximum absolute atomic E-state index is 5.83. The summed E-state index contributed by atoms with van der Waals surface area (Å²) in [5.74, 6) is 0. The van der Waals surface area contributed by atoms with Crippen molar-refractivity contribution in [3.8, 4) is 0 Å². The molecule has 1 unspecified atom stereocenters. The van der Waals surface area contributed by atoms with Crippen LogP contribution in [0.3, 0.4) is 0 Å². The van der Waals surface area contributed by atoms with Crippen molar-refractivity contribution in [2.75, 3.05) is 13.1 Å². The van der Waals surface area contributed by atoms with E-state index in [1.54, 1.807) is 0 Å². The van der Waals surface area contributed by atoms with Crippen LogP contribution in [0.25, 0.3) is 0 Å². The number of nitrogens with zero attached hydrogens (tertiary/aromatic N) is 1. The average Bonchev–Trinajstić information content (AvgIpc) is 1.87. The molecule has 0 radical (unpaired) electrons. The van der Waals surface area contributed by atoms with E-state index in [0.717, 1.165) is 13.1 Å². The molecule has 0 saturated heterocycles. The molecule has 0 aromatic rings. The van der Waals surface area contributed by atoms with Crippen molar-refractivity contribution in [2.45, 2.75) is 12.4 Å². The fraction of sp³-hybridized carbons (Fsp3) is 0.500. The van der Waals surface area contributed by atoms with E-state index in [4.69, 9.17) is 11.6 Å². The minimum absolute atomic E-state index is 0.0519. The third-order valence-corrected chi connectivity index (χ3v) is 1.51. The molecule has 10 heavy (non-hydrogen) atoms. The fourth-order valence-electron chi connectivity index (χ4n) is 0.697. The van der Waals surface area contributed by atoms with Gasteiger partial charge in [-0.1, -0.05) is 12.2 Å². The van der Waals surface area contributed by atoms with Gasteiger partial charge in [-0.2, -0.15) is 0 Å². The molecule has 0 aromatic heterocycles. The SMILES string of the molecule is C=CCN(CC=C)C(C)Cl. The van der Waals surface area contributed by atoms with E-state index in [1.165, 1.54) is 0 Å². The standard InChI is InChI=1S/C8H14ClN/c1-4-6-10(7-5-2)8(3)9/h4-5,8H,1-2,6-7H2,3H3. The van der Waals surface area contributed by atoms with Crippen LogP contribution in [0.2, 0.25) is 0 Å². The van der Waals surface area contributed by atoms with Crippen molar-refractivity contribution in [1.29, 1.82) is 0 Å². The molecule has 0 bridgehead atoms. The van der Waals surface area contributed by atoms with Crippen LogP contribution in [-0.4, -0.2) is 23.5 Å². The van der Waals surface area contributed by atoms with Crippen molar-refractivity contribution < 1.29 is 0 Å². The van der Waals surface area contributed by atoms with E-state index in [0.29, 0.717) is 0 Å². The van der Waals surface area contributed by atoms with E-state index >= 15 is 0 Å². The Labute approximate surface area is 68.0 Å². The van der Waals surface area contributed by atoms with E-state index in [9.17, 15) is 0 Å². The molecule has 0 aromatic carbocycles. The smallest absolute Gasteiger partial charge is 0.0827 e.